The molecule has 1 aromatic rings. The van der Waals surface area contributed by atoms with E-state index in [-0.39, 0.29) is 5.69 Å². The van der Waals surface area contributed by atoms with E-state index in [9.17, 15) is 14.5 Å². The zero-order valence-electron chi connectivity index (χ0n) is 9.50. The summed E-state index contributed by atoms with van der Waals surface area (Å²) in [4.78, 5) is 10.3. The van der Waals surface area contributed by atoms with E-state index in [1.807, 2.05) is 13.0 Å². The van der Waals surface area contributed by atoms with E-state index in [1.54, 1.807) is 13.0 Å². The Labute approximate surface area is 94.4 Å². The van der Waals surface area contributed by atoms with Gasteiger partial charge < -0.3 is 0 Å². The van der Waals surface area contributed by atoms with Crippen molar-refractivity contribution in [2.24, 2.45) is 0 Å². The number of halogens is 1. The predicted molar refractivity (Wildman–Crippen MR) is 61.1 cm³/mol. The Kier molecular flexibility index (Phi) is 4.40. The SMILES string of the molecule is CCCc1cc([C](C)CF)cc([N+](=O)[O-])c1. The first-order chi connectivity index (χ1) is 7.58. The largest absolute Gasteiger partial charge is 0.269 e. The quantitative estimate of drug-likeness (QED) is 0.567. The van der Waals surface area contributed by atoms with Gasteiger partial charge in [0.15, 0.2) is 0 Å². The topological polar surface area (TPSA) is 43.1 Å². The summed E-state index contributed by atoms with van der Waals surface area (Å²) in [6.45, 7) is 3.08. The third-order valence-electron chi connectivity index (χ3n) is 2.42. The van der Waals surface area contributed by atoms with Crippen LogP contribution in [0.3, 0.4) is 0 Å². The van der Waals surface area contributed by atoms with Crippen LogP contribution in [0.15, 0.2) is 18.2 Å². The summed E-state index contributed by atoms with van der Waals surface area (Å²) in [5.41, 5.74) is 1.55. The predicted octanol–water partition coefficient (Wildman–Crippen LogP) is 3.46. The van der Waals surface area contributed by atoms with Crippen LogP contribution in [-0.4, -0.2) is 11.6 Å². The van der Waals surface area contributed by atoms with E-state index >= 15 is 0 Å². The summed E-state index contributed by atoms with van der Waals surface area (Å²) >= 11 is 0. The highest BCUT2D eigenvalue weighted by Gasteiger charge is 2.13. The van der Waals surface area contributed by atoms with E-state index in [0.29, 0.717) is 11.5 Å². The number of aryl methyl sites for hydroxylation is 1. The smallest absolute Gasteiger partial charge is 0.258 e. The van der Waals surface area contributed by atoms with Crippen LogP contribution in [0.2, 0.25) is 0 Å². The minimum absolute atomic E-state index is 0.0359. The number of rotatable bonds is 5. The van der Waals surface area contributed by atoms with Gasteiger partial charge in [0.25, 0.3) is 5.69 Å². The van der Waals surface area contributed by atoms with Crippen molar-refractivity contribution in [3.05, 3.63) is 45.4 Å². The zero-order valence-corrected chi connectivity index (χ0v) is 9.50. The Morgan fingerprint density at radius 2 is 2.12 bits per heavy atom. The van der Waals surface area contributed by atoms with Crippen LogP contribution < -0.4 is 0 Å². The Morgan fingerprint density at radius 1 is 1.44 bits per heavy atom. The molecule has 0 unspecified atom stereocenters. The van der Waals surface area contributed by atoms with Crippen molar-refractivity contribution < 1.29 is 9.31 Å². The van der Waals surface area contributed by atoms with Crippen LogP contribution >= 0.6 is 0 Å². The maximum absolute atomic E-state index is 12.5. The van der Waals surface area contributed by atoms with Crippen LogP contribution in [0.1, 0.15) is 31.4 Å². The molecule has 87 valence electrons. The molecule has 0 N–H and O–H groups in total. The molecule has 0 aromatic heterocycles. The van der Waals surface area contributed by atoms with E-state index < -0.39 is 11.6 Å². The molecule has 1 rings (SSSR count). The van der Waals surface area contributed by atoms with Crippen LogP contribution in [0.4, 0.5) is 10.1 Å². The molecule has 0 heterocycles. The first kappa shape index (κ1) is 12.6. The average Bonchev–Trinajstić information content (AvgIpc) is 2.28. The Morgan fingerprint density at radius 3 is 2.62 bits per heavy atom. The third kappa shape index (κ3) is 3.02. The number of non-ortho nitro benzene ring substituents is 1. The highest BCUT2D eigenvalue weighted by atomic mass is 19.1. The average molecular weight is 224 g/mol. The second-order valence-electron chi connectivity index (χ2n) is 3.81. The molecular weight excluding hydrogens is 209 g/mol. The second-order valence-corrected chi connectivity index (χ2v) is 3.81. The zero-order chi connectivity index (χ0) is 12.1. The Bertz CT molecular complexity index is 379. The minimum Gasteiger partial charge on any atom is -0.258 e. The Hall–Kier alpha value is -1.45. The van der Waals surface area contributed by atoms with Gasteiger partial charge in [0.2, 0.25) is 0 Å². The summed E-state index contributed by atoms with van der Waals surface area (Å²) < 4.78 is 12.5. The molecule has 0 aliphatic heterocycles. The molecule has 16 heavy (non-hydrogen) atoms. The molecule has 0 fully saturated rings. The fraction of sp³-hybridized carbons (Fsp3) is 0.417. The number of hydrogen-bond donors (Lipinski definition) is 0. The maximum atomic E-state index is 12.5. The van der Waals surface area contributed by atoms with Crippen molar-refractivity contribution in [3.8, 4) is 0 Å². The first-order valence-corrected chi connectivity index (χ1v) is 5.25. The summed E-state index contributed by atoms with van der Waals surface area (Å²) in [7, 11) is 0. The summed E-state index contributed by atoms with van der Waals surface area (Å²) in [6, 6.07) is 4.80. The monoisotopic (exact) mass is 224 g/mol. The summed E-state index contributed by atoms with van der Waals surface area (Å²) in [6.07, 6.45) is 1.68. The number of nitrogens with zero attached hydrogens (tertiary/aromatic N) is 1. The van der Waals surface area contributed by atoms with Crippen LogP contribution in [0.25, 0.3) is 0 Å². The van der Waals surface area contributed by atoms with Crippen molar-refractivity contribution in [3.63, 3.8) is 0 Å². The van der Waals surface area contributed by atoms with Gasteiger partial charge in [0.05, 0.1) is 11.6 Å². The lowest BCUT2D eigenvalue weighted by atomic mass is 9.97. The van der Waals surface area contributed by atoms with Gasteiger partial charge in [0.1, 0.15) is 0 Å². The molecule has 0 atom stereocenters. The number of nitro groups is 1. The number of alkyl halides is 1. The van der Waals surface area contributed by atoms with Crippen LogP contribution in [0.5, 0.6) is 0 Å². The lowest BCUT2D eigenvalue weighted by molar-refractivity contribution is -0.385. The van der Waals surface area contributed by atoms with Crippen molar-refractivity contribution >= 4 is 5.69 Å². The molecule has 0 saturated carbocycles. The van der Waals surface area contributed by atoms with Gasteiger partial charge in [-0.05, 0) is 17.5 Å². The van der Waals surface area contributed by atoms with E-state index in [1.165, 1.54) is 6.07 Å². The highest BCUT2D eigenvalue weighted by molar-refractivity contribution is 5.44. The van der Waals surface area contributed by atoms with Crippen molar-refractivity contribution in [2.75, 3.05) is 6.67 Å². The van der Waals surface area contributed by atoms with Gasteiger partial charge in [-0.15, -0.1) is 0 Å². The fourth-order valence-corrected chi connectivity index (χ4v) is 1.54. The summed E-state index contributed by atoms with van der Waals surface area (Å²) in [5.74, 6) is 0.529. The molecule has 3 nitrogen and oxygen atoms in total. The maximum Gasteiger partial charge on any atom is 0.269 e. The van der Waals surface area contributed by atoms with Crippen molar-refractivity contribution in [1.29, 1.82) is 0 Å². The molecule has 1 radical (unpaired) electrons. The van der Waals surface area contributed by atoms with Gasteiger partial charge in [-0.2, -0.15) is 0 Å². The standard InChI is InChI=1S/C12H15FNO2/c1-3-4-10-5-11(9(2)8-13)7-12(6-10)14(15)16/h5-7H,3-4,8H2,1-2H3. The molecule has 0 bridgehead atoms. The third-order valence-corrected chi connectivity index (χ3v) is 2.42. The van der Waals surface area contributed by atoms with E-state index in [2.05, 4.69) is 0 Å². The molecule has 0 saturated heterocycles. The Balaban J connectivity index is 3.13. The van der Waals surface area contributed by atoms with E-state index in [4.69, 9.17) is 0 Å². The van der Waals surface area contributed by atoms with Gasteiger partial charge in [0, 0.05) is 18.1 Å². The van der Waals surface area contributed by atoms with Gasteiger partial charge in [-0.3, -0.25) is 14.5 Å². The van der Waals surface area contributed by atoms with E-state index in [0.717, 1.165) is 18.4 Å². The molecule has 4 heteroatoms. The van der Waals surface area contributed by atoms with Gasteiger partial charge in [-0.1, -0.05) is 26.3 Å². The molecular formula is C12H15FNO2. The molecule has 0 aliphatic carbocycles. The normalized spacial score (nSPS) is 10.8. The lowest BCUT2D eigenvalue weighted by Crippen LogP contribution is -2.00. The second kappa shape index (κ2) is 5.58. The minimum atomic E-state index is -0.577. The molecule has 1 aromatic carbocycles. The summed E-state index contributed by atoms with van der Waals surface area (Å²) in [5, 5.41) is 10.7. The lowest BCUT2D eigenvalue weighted by Gasteiger charge is -2.08. The van der Waals surface area contributed by atoms with Crippen LogP contribution in [0, 0.1) is 16.0 Å². The first-order valence-electron chi connectivity index (χ1n) is 5.25. The number of nitro benzene ring substituents is 1. The fourth-order valence-electron chi connectivity index (χ4n) is 1.54. The molecule has 0 aliphatic rings. The number of benzene rings is 1. The van der Waals surface area contributed by atoms with Crippen molar-refractivity contribution in [1.82, 2.24) is 0 Å². The number of hydrogen-bond acceptors (Lipinski definition) is 2. The van der Waals surface area contributed by atoms with Gasteiger partial charge >= 0.3 is 0 Å². The highest BCUT2D eigenvalue weighted by Crippen LogP contribution is 2.23. The molecule has 0 spiro atoms. The van der Waals surface area contributed by atoms with Crippen LogP contribution in [-0.2, 0) is 6.42 Å². The van der Waals surface area contributed by atoms with Crippen molar-refractivity contribution in [2.45, 2.75) is 26.7 Å². The molecule has 0 amide bonds. The van der Waals surface area contributed by atoms with Gasteiger partial charge in [-0.25, -0.2) is 0 Å².